The monoisotopic (exact) mass is 358 g/mol. The van der Waals surface area contributed by atoms with E-state index in [1.54, 1.807) is 13.0 Å². The molecule has 3 rings (SSSR count). The maximum atomic E-state index is 11.8. The predicted molar refractivity (Wildman–Crippen MR) is 94.5 cm³/mol. The van der Waals surface area contributed by atoms with Gasteiger partial charge in [-0.2, -0.15) is 10.2 Å². The van der Waals surface area contributed by atoms with Crippen LogP contribution in [0.2, 0.25) is 0 Å². The Morgan fingerprint density at radius 3 is 2.85 bits per heavy atom. The lowest BCUT2D eigenvalue weighted by Crippen LogP contribution is -2.39. The molecular weight excluding hydrogens is 332 g/mol. The van der Waals surface area contributed by atoms with E-state index in [1.807, 2.05) is 17.9 Å². The summed E-state index contributed by atoms with van der Waals surface area (Å²) in [5, 5.41) is 8.94. The molecule has 2 atom stereocenters. The zero-order chi connectivity index (χ0) is 18.5. The predicted octanol–water partition coefficient (Wildman–Crippen LogP) is 2.93. The molecule has 140 valence electrons. The van der Waals surface area contributed by atoms with Gasteiger partial charge in [0.25, 0.3) is 0 Å². The number of nitriles is 1. The summed E-state index contributed by atoms with van der Waals surface area (Å²) in [6.07, 6.45) is 4.21. The fourth-order valence-electron chi connectivity index (χ4n) is 3.89. The number of ether oxygens (including phenoxy) is 2. The number of amides is 1. The SMILES string of the molecule is CCOC(=O)N1CCC([C@H]2CC2CCOc2cc(C#N)nc(C)n2)CC1. The molecular formula is C19H26N4O3. The van der Waals surface area contributed by atoms with Crippen LogP contribution < -0.4 is 4.74 Å². The van der Waals surface area contributed by atoms with Crippen LogP contribution in [0.5, 0.6) is 5.88 Å². The summed E-state index contributed by atoms with van der Waals surface area (Å²) < 4.78 is 10.8. The molecule has 1 saturated heterocycles. The standard InChI is InChI=1S/C19H26N4O3/c1-3-25-19(24)23-7-4-14(5-8-23)17-10-15(17)6-9-26-18-11-16(12-20)21-13(2)22-18/h11,14-15,17H,3-10H2,1-2H3/t15?,17-/m1/s1. The van der Waals surface area contributed by atoms with E-state index < -0.39 is 0 Å². The molecule has 1 saturated carbocycles. The number of rotatable bonds is 6. The molecule has 0 N–H and O–H groups in total. The van der Waals surface area contributed by atoms with Gasteiger partial charge in [0.2, 0.25) is 5.88 Å². The Kier molecular flexibility index (Phi) is 5.92. The van der Waals surface area contributed by atoms with Crippen molar-refractivity contribution >= 4 is 6.09 Å². The van der Waals surface area contributed by atoms with Crippen molar-refractivity contribution < 1.29 is 14.3 Å². The number of carbonyl (C=O) groups is 1. The van der Waals surface area contributed by atoms with E-state index in [1.165, 1.54) is 6.42 Å². The average Bonchev–Trinajstić information content (AvgIpc) is 3.41. The third kappa shape index (κ3) is 4.63. The highest BCUT2D eigenvalue weighted by atomic mass is 16.6. The highest BCUT2D eigenvalue weighted by Crippen LogP contribution is 2.49. The minimum atomic E-state index is -0.177. The van der Waals surface area contributed by atoms with Crippen LogP contribution in [0, 0.1) is 36.0 Å². The van der Waals surface area contributed by atoms with E-state index in [4.69, 9.17) is 14.7 Å². The lowest BCUT2D eigenvalue weighted by molar-refractivity contribution is 0.0887. The summed E-state index contributed by atoms with van der Waals surface area (Å²) in [6, 6.07) is 3.61. The smallest absolute Gasteiger partial charge is 0.409 e. The molecule has 1 aromatic heterocycles. The number of piperidine rings is 1. The van der Waals surface area contributed by atoms with Crippen LogP contribution in [0.15, 0.2) is 6.07 Å². The second-order valence-electron chi connectivity index (χ2n) is 7.07. The summed E-state index contributed by atoms with van der Waals surface area (Å²) in [6.45, 7) is 6.26. The first kappa shape index (κ1) is 18.4. The lowest BCUT2D eigenvalue weighted by atomic mass is 9.91. The highest BCUT2D eigenvalue weighted by Gasteiger charge is 2.43. The van der Waals surface area contributed by atoms with Crippen molar-refractivity contribution in [2.75, 3.05) is 26.3 Å². The van der Waals surface area contributed by atoms with Gasteiger partial charge in [0.05, 0.1) is 13.2 Å². The molecule has 1 aromatic rings. The molecule has 1 amide bonds. The van der Waals surface area contributed by atoms with Crippen LogP contribution in [-0.2, 0) is 4.74 Å². The Bertz CT molecular complexity index is 680. The summed E-state index contributed by atoms with van der Waals surface area (Å²) in [7, 11) is 0. The molecule has 1 aliphatic carbocycles. The van der Waals surface area contributed by atoms with Crippen molar-refractivity contribution in [3.05, 3.63) is 17.6 Å². The third-order valence-electron chi connectivity index (χ3n) is 5.32. The van der Waals surface area contributed by atoms with Crippen LogP contribution >= 0.6 is 0 Å². The van der Waals surface area contributed by atoms with E-state index in [0.717, 1.165) is 38.3 Å². The van der Waals surface area contributed by atoms with E-state index >= 15 is 0 Å². The molecule has 2 aliphatic rings. The molecule has 0 aromatic carbocycles. The van der Waals surface area contributed by atoms with Gasteiger partial charge < -0.3 is 14.4 Å². The fourth-order valence-corrected chi connectivity index (χ4v) is 3.89. The number of hydrogen-bond donors (Lipinski definition) is 0. The molecule has 0 bridgehead atoms. The van der Waals surface area contributed by atoms with Crippen LogP contribution in [0.1, 0.15) is 44.1 Å². The summed E-state index contributed by atoms with van der Waals surface area (Å²) >= 11 is 0. The number of aromatic nitrogens is 2. The van der Waals surface area contributed by atoms with Gasteiger partial charge in [-0.25, -0.2) is 9.78 Å². The number of hydrogen-bond acceptors (Lipinski definition) is 6. The first-order valence-electron chi connectivity index (χ1n) is 9.41. The fraction of sp³-hybridized carbons (Fsp3) is 0.684. The van der Waals surface area contributed by atoms with Gasteiger partial charge in [0.15, 0.2) is 0 Å². The Morgan fingerprint density at radius 2 is 2.15 bits per heavy atom. The van der Waals surface area contributed by atoms with Crippen molar-refractivity contribution in [1.29, 1.82) is 5.26 Å². The maximum Gasteiger partial charge on any atom is 0.409 e. The molecule has 0 spiro atoms. The van der Waals surface area contributed by atoms with E-state index in [9.17, 15) is 4.79 Å². The van der Waals surface area contributed by atoms with Gasteiger partial charge >= 0.3 is 6.09 Å². The summed E-state index contributed by atoms with van der Waals surface area (Å²) in [5.74, 6) is 3.19. The topological polar surface area (TPSA) is 88.3 Å². The van der Waals surface area contributed by atoms with Gasteiger partial charge in [-0.3, -0.25) is 0 Å². The zero-order valence-corrected chi connectivity index (χ0v) is 15.5. The molecule has 7 heteroatoms. The Labute approximate surface area is 154 Å². The third-order valence-corrected chi connectivity index (χ3v) is 5.32. The average molecular weight is 358 g/mol. The van der Waals surface area contributed by atoms with E-state index in [0.29, 0.717) is 42.4 Å². The van der Waals surface area contributed by atoms with Gasteiger partial charge in [-0.15, -0.1) is 0 Å². The van der Waals surface area contributed by atoms with E-state index in [-0.39, 0.29) is 6.09 Å². The largest absolute Gasteiger partial charge is 0.478 e. The molecule has 7 nitrogen and oxygen atoms in total. The van der Waals surface area contributed by atoms with Crippen molar-refractivity contribution in [1.82, 2.24) is 14.9 Å². The molecule has 26 heavy (non-hydrogen) atoms. The Balaban J connectivity index is 1.37. The van der Waals surface area contributed by atoms with Crippen molar-refractivity contribution in [2.45, 2.75) is 39.5 Å². The number of nitrogens with zero attached hydrogens (tertiary/aromatic N) is 4. The Morgan fingerprint density at radius 1 is 1.38 bits per heavy atom. The maximum absolute atomic E-state index is 11.8. The number of carbonyl (C=O) groups excluding carboxylic acids is 1. The van der Waals surface area contributed by atoms with Crippen LogP contribution in [0.25, 0.3) is 0 Å². The van der Waals surface area contributed by atoms with Gasteiger partial charge in [-0.1, -0.05) is 0 Å². The highest BCUT2D eigenvalue weighted by molar-refractivity contribution is 5.67. The van der Waals surface area contributed by atoms with Gasteiger partial charge in [0, 0.05) is 19.2 Å². The molecule has 2 fully saturated rings. The van der Waals surface area contributed by atoms with Crippen LogP contribution in [0.3, 0.4) is 0 Å². The Hall–Kier alpha value is -2.36. The minimum Gasteiger partial charge on any atom is -0.478 e. The quantitative estimate of drug-likeness (QED) is 0.777. The van der Waals surface area contributed by atoms with Crippen LogP contribution in [0.4, 0.5) is 4.79 Å². The lowest BCUT2D eigenvalue weighted by Gasteiger charge is -2.31. The second kappa shape index (κ2) is 8.35. The molecule has 0 radical (unpaired) electrons. The molecule has 1 unspecified atom stereocenters. The molecule has 2 heterocycles. The van der Waals surface area contributed by atoms with Crippen molar-refractivity contribution in [2.24, 2.45) is 17.8 Å². The van der Waals surface area contributed by atoms with Crippen molar-refractivity contribution in [3.8, 4) is 11.9 Å². The summed E-state index contributed by atoms with van der Waals surface area (Å²) in [4.78, 5) is 21.8. The zero-order valence-electron chi connectivity index (χ0n) is 15.5. The van der Waals surface area contributed by atoms with E-state index in [2.05, 4.69) is 9.97 Å². The minimum absolute atomic E-state index is 0.177. The summed E-state index contributed by atoms with van der Waals surface area (Å²) in [5.41, 5.74) is 0.338. The van der Waals surface area contributed by atoms with Gasteiger partial charge in [-0.05, 0) is 57.3 Å². The molecule has 1 aliphatic heterocycles. The van der Waals surface area contributed by atoms with Gasteiger partial charge in [0.1, 0.15) is 17.6 Å². The van der Waals surface area contributed by atoms with Crippen molar-refractivity contribution in [3.63, 3.8) is 0 Å². The number of likely N-dealkylation sites (tertiary alicyclic amines) is 1. The second-order valence-corrected chi connectivity index (χ2v) is 7.07. The van der Waals surface area contributed by atoms with Crippen LogP contribution in [-0.4, -0.2) is 47.3 Å². The first-order valence-corrected chi connectivity index (χ1v) is 9.41. The first-order chi connectivity index (χ1) is 12.6. The normalized spacial score (nSPS) is 22.6. The number of aryl methyl sites for hydroxylation is 1.